The van der Waals surface area contributed by atoms with Gasteiger partial charge >= 0.3 is 0 Å². The molecule has 2 aromatic carbocycles. The molecule has 0 atom stereocenters. The quantitative estimate of drug-likeness (QED) is 0.501. The highest BCUT2D eigenvalue weighted by Crippen LogP contribution is 2.27. The summed E-state index contributed by atoms with van der Waals surface area (Å²) in [6.07, 6.45) is 1.89. The summed E-state index contributed by atoms with van der Waals surface area (Å²) in [6.45, 7) is 2.35. The van der Waals surface area contributed by atoms with Gasteiger partial charge in [-0.1, -0.05) is 36.4 Å². The third-order valence-corrected chi connectivity index (χ3v) is 4.31. The van der Waals surface area contributed by atoms with E-state index in [4.69, 9.17) is 0 Å². The number of guanidine groups is 1. The number of rotatable bonds is 5. The molecule has 0 saturated heterocycles. The van der Waals surface area contributed by atoms with Crippen molar-refractivity contribution >= 4 is 17.6 Å². The van der Waals surface area contributed by atoms with Crippen molar-refractivity contribution in [2.45, 2.75) is 12.8 Å². The van der Waals surface area contributed by atoms with Crippen molar-refractivity contribution in [3.8, 4) is 0 Å². The fourth-order valence-corrected chi connectivity index (χ4v) is 3.04. The van der Waals surface area contributed by atoms with Gasteiger partial charge in [-0.3, -0.25) is 9.79 Å². The molecule has 0 aromatic heterocycles. The molecule has 2 N–H and O–H groups in total. The lowest BCUT2D eigenvalue weighted by Crippen LogP contribution is -2.41. The number of fused-ring (bicyclic) bond motifs is 1. The van der Waals surface area contributed by atoms with Crippen molar-refractivity contribution in [1.29, 1.82) is 0 Å². The Morgan fingerprint density at radius 2 is 1.76 bits per heavy atom. The average molecular weight is 336 g/mol. The van der Waals surface area contributed by atoms with E-state index in [9.17, 15) is 4.79 Å². The molecular weight excluding hydrogens is 312 g/mol. The van der Waals surface area contributed by atoms with E-state index >= 15 is 0 Å². The van der Waals surface area contributed by atoms with Gasteiger partial charge in [0.1, 0.15) is 0 Å². The van der Waals surface area contributed by atoms with Gasteiger partial charge in [0, 0.05) is 37.9 Å². The molecule has 0 spiro atoms. The first-order valence-electron chi connectivity index (χ1n) is 8.69. The van der Waals surface area contributed by atoms with Gasteiger partial charge in [-0.25, -0.2) is 0 Å². The van der Waals surface area contributed by atoms with Crippen LogP contribution in [0.4, 0.5) is 5.69 Å². The van der Waals surface area contributed by atoms with Crippen LogP contribution >= 0.6 is 0 Å². The largest absolute Gasteiger partial charge is 0.356 e. The zero-order chi connectivity index (χ0) is 17.5. The molecule has 25 heavy (non-hydrogen) atoms. The van der Waals surface area contributed by atoms with Crippen LogP contribution in [-0.4, -0.2) is 38.5 Å². The Morgan fingerprint density at radius 3 is 2.56 bits per heavy atom. The SMILES string of the molecule is CN=C(NCCCNC(=O)c1ccccc1)N1CCc2ccccc21. The molecule has 130 valence electrons. The summed E-state index contributed by atoms with van der Waals surface area (Å²) in [5, 5.41) is 6.33. The van der Waals surface area contributed by atoms with E-state index < -0.39 is 0 Å². The lowest BCUT2D eigenvalue weighted by Gasteiger charge is -2.22. The first kappa shape index (κ1) is 17.0. The summed E-state index contributed by atoms with van der Waals surface area (Å²) in [5.74, 6) is 0.859. The van der Waals surface area contributed by atoms with Crippen LogP contribution in [0.2, 0.25) is 0 Å². The number of aliphatic imine (C=N–C) groups is 1. The summed E-state index contributed by atoms with van der Waals surface area (Å²) < 4.78 is 0. The number of amides is 1. The van der Waals surface area contributed by atoms with E-state index in [0.717, 1.165) is 31.9 Å². The molecule has 5 nitrogen and oxygen atoms in total. The number of nitrogens with zero attached hydrogens (tertiary/aromatic N) is 2. The van der Waals surface area contributed by atoms with Crippen LogP contribution in [0.5, 0.6) is 0 Å². The molecule has 0 aliphatic carbocycles. The number of benzene rings is 2. The lowest BCUT2D eigenvalue weighted by molar-refractivity contribution is 0.0953. The number of para-hydroxylation sites is 1. The van der Waals surface area contributed by atoms with Crippen molar-refractivity contribution in [3.05, 3.63) is 65.7 Å². The molecule has 2 aromatic rings. The maximum absolute atomic E-state index is 12.0. The first-order valence-corrected chi connectivity index (χ1v) is 8.69. The average Bonchev–Trinajstić information content (AvgIpc) is 3.09. The molecular formula is C20H24N4O. The number of anilines is 1. The number of nitrogens with one attached hydrogen (secondary N) is 2. The fourth-order valence-electron chi connectivity index (χ4n) is 3.04. The van der Waals surface area contributed by atoms with E-state index in [1.54, 1.807) is 7.05 Å². The molecule has 5 heteroatoms. The maximum Gasteiger partial charge on any atom is 0.251 e. The second-order valence-electron chi connectivity index (χ2n) is 5.98. The molecule has 1 aliphatic heterocycles. The summed E-state index contributed by atoms with van der Waals surface area (Å²) in [7, 11) is 1.81. The number of carbonyl (C=O) groups excluding carboxylic acids is 1. The Labute approximate surface area is 148 Å². The maximum atomic E-state index is 12.0. The Balaban J connectivity index is 1.43. The van der Waals surface area contributed by atoms with Crippen molar-refractivity contribution < 1.29 is 4.79 Å². The van der Waals surface area contributed by atoms with Crippen LogP contribution in [0.15, 0.2) is 59.6 Å². The van der Waals surface area contributed by atoms with Gasteiger partial charge in [0.15, 0.2) is 5.96 Å². The smallest absolute Gasteiger partial charge is 0.251 e. The van der Waals surface area contributed by atoms with Crippen LogP contribution in [0.3, 0.4) is 0 Å². The van der Waals surface area contributed by atoms with E-state index in [1.807, 2.05) is 30.3 Å². The molecule has 0 radical (unpaired) electrons. The minimum absolute atomic E-state index is 0.0292. The highest BCUT2D eigenvalue weighted by molar-refractivity contribution is 5.98. The van der Waals surface area contributed by atoms with E-state index in [2.05, 4.69) is 44.8 Å². The molecule has 3 rings (SSSR count). The number of carbonyl (C=O) groups is 1. The van der Waals surface area contributed by atoms with Gasteiger partial charge in [0.25, 0.3) is 5.91 Å². The zero-order valence-corrected chi connectivity index (χ0v) is 14.5. The standard InChI is InChI=1S/C20H24N4O/c1-21-20(24-15-12-16-8-5-6-11-18(16)24)23-14-7-13-22-19(25)17-9-3-2-4-10-17/h2-6,8-11H,7,12-15H2,1H3,(H,21,23)(H,22,25). The lowest BCUT2D eigenvalue weighted by atomic mass is 10.2. The fraction of sp³-hybridized carbons (Fsp3) is 0.300. The van der Waals surface area contributed by atoms with Gasteiger partial charge in [0.05, 0.1) is 0 Å². The molecule has 0 unspecified atom stereocenters. The highest BCUT2D eigenvalue weighted by Gasteiger charge is 2.21. The summed E-state index contributed by atoms with van der Waals surface area (Å²) >= 11 is 0. The topological polar surface area (TPSA) is 56.7 Å². The normalized spacial score (nSPS) is 13.5. The van der Waals surface area contributed by atoms with Crippen molar-refractivity contribution in [1.82, 2.24) is 10.6 Å². The van der Waals surface area contributed by atoms with Crippen molar-refractivity contribution in [2.24, 2.45) is 4.99 Å². The molecule has 1 aliphatic rings. The van der Waals surface area contributed by atoms with Crippen molar-refractivity contribution in [2.75, 3.05) is 31.6 Å². The van der Waals surface area contributed by atoms with Crippen LogP contribution < -0.4 is 15.5 Å². The minimum atomic E-state index is -0.0292. The van der Waals surface area contributed by atoms with E-state index in [0.29, 0.717) is 12.1 Å². The first-order chi connectivity index (χ1) is 12.3. The van der Waals surface area contributed by atoms with Gasteiger partial charge in [-0.05, 0) is 36.6 Å². The number of hydrogen-bond donors (Lipinski definition) is 2. The third kappa shape index (κ3) is 4.18. The van der Waals surface area contributed by atoms with Gasteiger partial charge in [-0.15, -0.1) is 0 Å². The second kappa shape index (κ2) is 8.33. The Kier molecular flexibility index (Phi) is 5.67. The summed E-state index contributed by atoms with van der Waals surface area (Å²) in [6, 6.07) is 17.7. The Morgan fingerprint density at radius 1 is 1.04 bits per heavy atom. The predicted octanol–water partition coefficient (Wildman–Crippen LogP) is 2.44. The van der Waals surface area contributed by atoms with Gasteiger partial charge in [0.2, 0.25) is 0 Å². The monoisotopic (exact) mass is 336 g/mol. The van der Waals surface area contributed by atoms with Crippen LogP contribution in [0.1, 0.15) is 22.3 Å². The van der Waals surface area contributed by atoms with Crippen molar-refractivity contribution in [3.63, 3.8) is 0 Å². The zero-order valence-electron chi connectivity index (χ0n) is 14.5. The Bertz CT molecular complexity index is 742. The third-order valence-electron chi connectivity index (χ3n) is 4.31. The molecule has 1 amide bonds. The van der Waals surface area contributed by atoms with Gasteiger partial charge in [-0.2, -0.15) is 0 Å². The van der Waals surface area contributed by atoms with Crippen LogP contribution in [0, 0.1) is 0 Å². The summed E-state index contributed by atoms with van der Waals surface area (Å²) in [5.41, 5.74) is 3.29. The molecule has 0 bridgehead atoms. The van der Waals surface area contributed by atoms with Crippen LogP contribution in [-0.2, 0) is 6.42 Å². The number of hydrogen-bond acceptors (Lipinski definition) is 2. The molecule has 1 heterocycles. The molecule has 0 saturated carbocycles. The minimum Gasteiger partial charge on any atom is -0.356 e. The Hall–Kier alpha value is -2.82. The van der Waals surface area contributed by atoms with Gasteiger partial charge < -0.3 is 15.5 Å². The predicted molar refractivity (Wildman–Crippen MR) is 102 cm³/mol. The van der Waals surface area contributed by atoms with E-state index in [1.165, 1.54) is 11.3 Å². The molecule has 0 fully saturated rings. The highest BCUT2D eigenvalue weighted by atomic mass is 16.1. The van der Waals surface area contributed by atoms with E-state index in [-0.39, 0.29) is 5.91 Å². The van der Waals surface area contributed by atoms with Crippen LogP contribution in [0.25, 0.3) is 0 Å². The summed E-state index contributed by atoms with van der Waals surface area (Å²) in [4.78, 5) is 18.6. The second-order valence-corrected chi connectivity index (χ2v) is 5.98.